The maximum atomic E-state index is 11.9. The molecule has 0 heterocycles. The molecule has 2 N–H and O–H groups in total. The lowest BCUT2D eigenvalue weighted by Gasteiger charge is -2.24. The monoisotopic (exact) mass is 382 g/mol. The molecule has 5 heteroatoms. The van der Waals surface area contributed by atoms with Gasteiger partial charge in [0.25, 0.3) is 0 Å². The smallest absolute Gasteiger partial charge is 0.234 e. The molecule has 0 aliphatic heterocycles. The predicted octanol–water partition coefficient (Wildman–Crippen LogP) is 4.06. The highest BCUT2D eigenvalue weighted by atomic mass is 79.9. The summed E-state index contributed by atoms with van der Waals surface area (Å²) in [5, 5.41) is 5.62. The molecule has 0 aliphatic rings. The maximum Gasteiger partial charge on any atom is 0.234 e. The minimum atomic E-state index is -0.276. The molecule has 0 spiro atoms. The quantitative estimate of drug-likeness (QED) is 0.728. The fraction of sp³-hybridized carbons (Fsp3) is 0.556. The van der Waals surface area contributed by atoms with E-state index >= 15 is 0 Å². The second kappa shape index (κ2) is 8.48. The van der Waals surface area contributed by atoms with E-state index in [1.807, 2.05) is 45.0 Å². The van der Waals surface area contributed by atoms with Gasteiger partial charge < -0.3 is 10.6 Å². The molecule has 1 rings (SSSR count). The second-order valence-corrected chi connectivity index (χ2v) is 8.01. The van der Waals surface area contributed by atoms with E-state index in [-0.39, 0.29) is 28.5 Å². The van der Waals surface area contributed by atoms with Crippen LogP contribution in [-0.2, 0) is 9.59 Å². The van der Waals surface area contributed by atoms with Crippen molar-refractivity contribution >= 4 is 33.4 Å². The Balaban J connectivity index is 2.39. The number of anilines is 1. The highest BCUT2D eigenvalue weighted by Gasteiger charge is 2.28. The van der Waals surface area contributed by atoms with E-state index in [0.29, 0.717) is 12.5 Å². The molecule has 23 heavy (non-hydrogen) atoms. The van der Waals surface area contributed by atoms with E-state index in [1.165, 1.54) is 5.56 Å². The SMILES string of the molecule is CC(C)c1ccc(NC(=O)CCNC(=O)[C@H](Br)C(C)(C)C)cc1. The molecule has 0 aliphatic carbocycles. The summed E-state index contributed by atoms with van der Waals surface area (Å²) >= 11 is 3.39. The topological polar surface area (TPSA) is 58.2 Å². The standard InChI is InChI=1S/C18H27BrN2O2/c1-12(2)13-6-8-14(9-7-13)21-15(22)10-11-20-17(23)16(19)18(3,4)5/h6-9,12,16H,10-11H2,1-5H3,(H,20,23)(H,21,22)/t16-/m0/s1. The van der Waals surface area contributed by atoms with E-state index in [2.05, 4.69) is 40.4 Å². The first kappa shape index (κ1) is 19.7. The Bertz CT molecular complexity index is 533. The number of hydrogen-bond donors (Lipinski definition) is 2. The number of nitrogens with one attached hydrogen (secondary N) is 2. The summed E-state index contributed by atoms with van der Waals surface area (Å²) in [6, 6.07) is 7.83. The molecule has 0 bridgehead atoms. The highest BCUT2D eigenvalue weighted by molar-refractivity contribution is 9.10. The number of hydrogen-bond acceptors (Lipinski definition) is 2. The third kappa shape index (κ3) is 6.73. The summed E-state index contributed by atoms with van der Waals surface area (Å²) in [6.07, 6.45) is 0.252. The first-order valence-corrected chi connectivity index (χ1v) is 8.84. The predicted molar refractivity (Wildman–Crippen MR) is 99.0 cm³/mol. The van der Waals surface area contributed by atoms with Crippen molar-refractivity contribution in [1.29, 1.82) is 0 Å². The van der Waals surface area contributed by atoms with Crippen molar-refractivity contribution in [3.05, 3.63) is 29.8 Å². The van der Waals surface area contributed by atoms with Crippen LogP contribution in [0.25, 0.3) is 0 Å². The van der Waals surface area contributed by atoms with E-state index < -0.39 is 0 Å². The number of halogens is 1. The average molecular weight is 383 g/mol. The van der Waals surface area contributed by atoms with Gasteiger partial charge in [0.1, 0.15) is 0 Å². The van der Waals surface area contributed by atoms with Crippen LogP contribution in [0.2, 0.25) is 0 Å². The normalized spacial score (nSPS) is 12.8. The number of alkyl halides is 1. The van der Waals surface area contributed by atoms with Crippen molar-refractivity contribution in [2.75, 3.05) is 11.9 Å². The number of carbonyl (C=O) groups is 2. The van der Waals surface area contributed by atoms with E-state index in [9.17, 15) is 9.59 Å². The fourth-order valence-electron chi connectivity index (χ4n) is 1.96. The van der Waals surface area contributed by atoms with Gasteiger partial charge in [-0.2, -0.15) is 0 Å². The molecule has 4 nitrogen and oxygen atoms in total. The van der Waals surface area contributed by atoms with Crippen LogP contribution in [0.1, 0.15) is 52.5 Å². The molecule has 0 radical (unpaired) electrons. The van der Waals surface area contributed by atoms with Crippen molar-refractivity contribution < 1.29 is 9.59 Å². The number of carbonyl (C=O) groups excluding carboxylic acids is 2. The molecule has 1 aromatic rings. The number of benzene rings is 1. The summed E-state index contributed by atoms with van der Waals surface area (Å²) in [7, 11) is 0. The van der Waals surface area contributed by atoms with E-state index in [1.54, 1.807) is 0 Å². The van der Waals surface area contributed by atoms with Crippen molar-refractivity contribution in [3.63, 3.8) is 0 Å². The van der Waals surface area contributed by atoms with E-state index in [4.69, 9.17) is 0 Å². The Hall–Kier alpha value is -1.36. The molecule has 0 unspecified atom stereocenters. The largest absolute Gasteiger partial charge is 0.355 e. The van der Waals surface area contributed by atoms with Gasteiger partial charge in [-0.3, -0.25) is 9.59 Å². The number of rotatable bonds is 6. The zero-order valence-electron chi connectivity index (χ0n) is 14.6. The van der Waals surface area contributed by atoms with Crippen LogP contribution in [0.4, 0.5) is 5.69 Å². The Morgan fingerprint density at radius 3 is 2.17 bits per heavy atom. The van der Waals surface area contributed by atoms with Gasteiger partial charge in [-0.05, 0) is 29.0 Å². The van der Waals surface area contributed by atoms with Gasteiger partial charge in [0, 0.05) is 18.7 Å². The molecule has 128 valence electrons. The molecule has 2 amide bonds. The van der Waals surface area contributed by atoms with Gasteiger partial charge in [-0.25, -0.2) is 0 Å². The highest BCUT2D eigenvalue weighted by Crippen LogP contribution is 2.25. The van der Waals surface area contributed by atoms with Crippen LogP contribution in [0.3, 0.4) is 0 Å². The Kier molecular flexibility index (Phi) is 7.26. The van der Waals surface area contributed by atoms with Crippen LogP contribution in [-0.4, -0.2) is 23.2 Å². The first-order valence-electron chi connectivity index (χ1n) is 7.93. The Morgan fingerprint density at radius 1 is 1.13 bits per heavy atom. The van der Waals surface area contributed by atoms with Crippen LogP contribution >= 0.6 is 15.9 Å². The van der Waals surface area contributed by atoms with Crippen LogP contribution in [0.5, 0.6) is 0 Å². The van der Waals surface area contributed by atoms with Gasteiger partial charge in [-0.15, -0.1) is 0 Å². The van der Waals surface area contributed by atoms with Crippen LogP contribution in [0.15, 0.2) is 24.3 Å². The molecule has 1 atom stereocenters. The summed E-state index contributed by atoms with van der Waals surface area (Å²) in [4.78, 5) is 23.6. The average Bonchev–Trinajstić information content (AvgIpc) is 2.45. The van der Waals surface area contributed by atoms with Crippen molar-refractivity contribution in [2.45, 2.75) is 51.8 Å². The van der Waals surface area contributed by atoms with Gasteiger partial charge in [-0.1, -0.05) is 62.7 Å². The molecule has 0 aromatic heterocycles. The molecule has 1 aromatic carbocycles. The third-order valence-electron chi connectivity index (χ3n) is 3.50. The van der Waals surface area contributed by atoms with Gasteiger partial charge in [0.05, 0.1) is 4.83 Å². The summed E-state index contributed by atoms with van der Waals surface area (Å²) in [5.41, 5.74) is 1.85. The van der Waals surface area contributed by atoms with Crippen molar-refractivity contribution in [1.82, 2.24) is 5.32 Å². The lowest BCUT2D eigenvalue weighted by atomic mass is 9.92. The summed E-state index contributed by atoms with van der Waals surface area (Å²) in [6.45, 7) is 10.5. The lowest BCUT2D eigenvalue weighted by Crippen LogP contribution is -2.39. The summed E-state index contributed by atoms with van der Waals surface area (Å²) in [5.74, 6) is 0.269. The second-order valence-electron chi connectivity index (χ2n) is 7.09. The van der Waals surface area contributed by atoms with Gasteiger partial charge in [0.2, 0.25) is 11.8 Å². The van der Waals surface area contributed by atoms with Crippen molar-refractivity contribution in [2.24, 2.45) is 5.41 Å². The molecular formula is C18H27BrN2O2. The van der Waals surface area contributed by atoms with Crippen LogP contribution in [0, 0.1) is 5.41 Å². The Morgan fingerprint density at radius 2 is 1.70 bits per heavy atom. The molecule has 0 saturated heterocycles. The zero-order valence-corrected chi connectivity index (χ0v) is 16.2. The van der Waals surface area contributed by atoms with Crippen LogP contribution < -0.4 is 10.6 Å². The van der Waals surface area contributed by atoms with Gasteiger partial charge >= 0.3 is 0 Å². The van der Waals surface area contributed by atoms with Gasteiger partial charge in [0.15, 0.2) is 0 Å². The molecule has 0 fully saturated rings. The number of amides is 2. The third-order valence-corrected chi connectivity index (χ3v) is 5.29. The maximum absolute atomic E-state index is 11.9. The fourth-order valence-corrected chi connectivity index (χ4v) is 2.12. The first-order chi connectivity index (χ1) is 10.6. The molecular weight excluding hydrogens is 356 g/mol. The molecule has 0 saturated carbocycles. The Labute approximate surface area is 147 Å². The lowest BCUT2D eigenvalue weighted by molar-refractivity contribution is -0.122. The zero-order chi connectivity index (χ0) is 17.6. The minimum Gasteiger partial charge on any atom is -0.355 e. The summed E-state index contributed by atoms with van der Waals surface area (Å²) < 4.78 is 0. The van der Waals surface area contributed by atoms with Crippen molar-refractivity contribution in [3.8, 4) is 0 Å². The minimum absolute atomic E-state index is 0.0911. The van der Waals surface area contributed by atoms with E-state index in [0.717, 1.165) is 5.69 Å².